The fraction of sp³-hybridized carbons (Fsp3) is 0.685. The Hall–Kier alpha value is -5.06. The molecule has 0 amide bonds. The fourth-order valence-corrected chi connectivity index (χ4v) is 12.5. The SMILES string of the molecule is CC/C=C\C/C=C\C/C=C\C/C=C\C/C=C\C/C=C\CCC(=O)OCC(COP(=O)(O)OCC(O)COP(=O)(O)OCC(COC(=O)CCCCCCC/C=C\CCCCCCCC)OC(=O)CCCCCCC/C=C\CCCCCCCC)OC(=O)CCCCCCCC/C=C\C/C=C\C/C=C\C/C=C\CC. The molecule has 19 heteroatoms. The molecule has 5 unspecified atom stereocenters. The van der Waals surface area contributed by atoms with Crippen molar-refractivity contribution in [3.8, 4) is 0 Å². The Morgan fingerprint density at radius 1 is 0.269 bits per heavy atom. The molecule has 108 heavy (non-hydrogen) atoms. The summed E-state index contributed by atoms with van der Waals surface area (Å²) in [5.41, 5.74) is 0. The molecule has 0 aliphatic heterocycles. The van der Waals surface area contributed by atoms with E-state index in [0.717, 1.165) is 173 Å². The van der Waals surface area contributed by atoms with Crippen LogP contribution in [0.1, 0.15) is 336 Å². The zero-order chi connectivity index (χ0) is 78.9. The Balaban J connectivity index is 5.47. The van der Waals surface area contributed by atoms with E-state index < -0.39 is 97.5 Å². The summed E-state index contributed by atoms with van der Waals surface area (Å²) < 4.78 is 68.7. The predicted octanol–water partition coefficient (Wildman–Crippen LogP) is 25.0. The number of esters is 4. The summed E-state index contributed by atoms with van der Waals surface area (Å²) in [6.07, 6.45) is 92.5. The fourth-order valence-electron chi connectivity index (χ4n) is 10.9. The van der Waals surface area contributed by atoms with E-state index in [0.29, 0.717) is 32.1 Å². The molecule has 0 saturated carbocycles. The number of phosphoric ester groups is 2. The van der Waals surface area contributed by atoms with Crippen molar-refractivity contribution >= 4 is 39.5 Å². The number of aliphatic hydroxyl groups is 1. The van der Waals surface area contributed by atoms with Gasteiger partial charge in [0.25, 0.3) is 0 Å². The average Bonchev–Trinajstić information content (AvgIpc) is 0.896. The van der Waals surface area contributed by atoms with Gasteiger partial charge in [0.15, 0.2) is 12.2 Å². The number of rotatable bonds is 78. The molecular formula is C89H150O17P2. The first-order chi connectivity index (χ1) is 52.7. The molecular weight excluding hydrogens is 1400 g/mol. The first kappa shape index (κ1) is 103. The third-order valence-corrected chi connectivity index (χ3v) is 19.2. The van der Waals surface area contributed by atoms with Crippen LogP contribution in [-0.4, -0.2) is 96.7 Å². The Labute approximate surface area is 656 Å². The molecule has 0 saturated heterocycles. The van der Waals surface area contributed by atoms with E-state index >= 15 is 0 Å². The lowest BCUT2D eigenvalue weighted by Crippen LogP contribution is -2.30. The summed E-state index contributed by atoms with van der Waals surface area (Å²) in [7, 11) is -10.00. The zero-order valence-electron chi connectivity index (χ0n) is 67.7. The van der Waals surface area contributed by atoms with Crippen LogP contribution < -0.4 is 0 Å². The number of phosphoric acid groups is 2. The Morgan fingerprint density at radius 3 is 0.806 bits per heavy atom. The average molecular weight is 1550 g/mol. The summed E-state index contributed by atoms with van der Waals surface area (Å²) in [6.45, 7) is 4.55. The number of aliphatic hydroxyl groups excluding tert-OH is 1. The smallest absolute Gasteiger partial charge is 0.462 e. The van der Waals surface area contributed by atoms with E-state index in [-0.39, 0.29) is 25.7 Å². The summed E-state index contributed by atoms with van der Waals surface area (Å²) in [5, 5.41) is 10.7. The Morgan fingerprint density at radius 2 is 0.500 bits per heavy atom. The number of unbranched alkanes of at least 4 members (excludes halogenated alkanes) is 28. The van der Waals surface area contributed by atoms with E-state index in [4.69, 9.17) is 37.0 Å². The first-order valence-corrected chi connectivity index (χ1v) is 45.1. The number of carbonyl (C=O) groups excluding carboxylic acids is 4. The minimum atomic E-state index is -5.01. The van der Waals surface area contributed by atoms with Crippen LogP contribution in [0.2, 0.25) is 0 Å². The van der Waals surface area contributed by atoms with Crippen LogP contribution in [0.5, 0.6) is 0 Å². The second kappa shape index (κ2) is 80.0. The van der Waals surface area contributed by atoms with Crippen molar-refractivity contribution in [2.75, 3.05) is 39.6 Å². The van der Waals surface area contributed by atoms with Gasteiger partial charge >= 0.3 is 39.5 Å². The van der Waals surface area contributed by atoms with Gasteiger partial charge in [-0.25, -0.2) is 9.13 Å². The molecule has 0 aromatic carbocycles. The van der Waals surface area contributed by atoms with Crippen molar-refractivity contribution < 1.29 is 80.2 Å². The van der Waals surface area contributed by atoms with Gasteiger partial charge in [0.2, 0.25) is 0 Å². The van der Waals surface area contributed by atoms with Crippen molar-refractivity contribution in [3.63, 3.8) is 0 Å². The van der Waals surface area contributed by atoms with Gasteiger partial charge in [-0.2, -0.15) is 0 Å². The van der Waals surface area contributed by atoms with E-state index in [1.165, 1.54) is 77.0 Å². The van der Waals surface area contributed by atoms with E-state index in [1.54, 1.807) is 0 Å². The number of allylic oxidation sites excluding steroid dienone is 24. The molecule has 0 aromatic heterocycles. The largest absolute Gasteiger partial charge is 0.472 e. The molecule has 0 heterocycles. The van der Waals surface area contributed by atoms with Crippen molar-refractivity contribution in [1.29, 1.82) is 0 Å². The Kier molecular flexibility index (Phi) is 76.3. The standard InChI is InChI=1S/C89H150O17P2/c1-5-9-13-17-21-25-29-33-37-39-41-43-47-50-54-58-62-66-70-74-87(92)100-80-85(106-89(94)76-72-68-64-60-56-52-48-44-42-40-38-34-30-26-22-18-14-10-6-2)82-104-108(97,98)102-78-83(90)77-101-107(95,96)103-81-84(105-88(93)75-71-67-63-59-55-51-46-36-32-28-24-20-16-12-8-4)79-99-86(91)73-69-65-61-57-53-49-45-35-31-27-23-19-15-11-7-3/h9-10,13-14,21-22,25-26,33-38,41-46,50,54,62,66,83-85,90H,5-8,11-12,15-20,23-24,27-32,39-40,47-49,51-53,55-61,63-65,67-82H2,1-4H3,(H,95,96)(H,97,98)/b13-9-,14-10-,25-21-,26-22-,37-33-,38-34-,43-41-,44-42-,45-35-,46-36-,54-50-,66-62-. The maximum absolute atomic E-state index is 13.1. The summed E-state index contributed by atoms with van der Waals surface area (Å²) in [6, 6.07) is 0. The van der Waals surface area contributed by atoms with Crippen LogP contribution in [0.15, 0.2) is 146 Å². The highest BCUT2D eigenvalue weighted by Gasteiger charge is 2.30. The number of carbonyl (C=O) groups is 4. The number of hydrogen-bond acceptors (Lipinski definition) is 15. The maximum atomic E-state index is 13.1. The molecule has 618 valence electrons. The maximum Gasteiger partial charge on any atom is 0.472 e. The highest BCUT2D eigenvalue weighted by atomic mass is 31.2. The molecule has 0 aliphatic carbocycles. The minimum Gasteiger partial charge on any atom is -0.462 e. The van der Waals surface area contributed by atoms with Crippen LogP contribution in [-0.2, 0) is 65.4 Å². The summed E-state index contributed by atoms with van der Waals surface area (Å²) in [5.74, 6) is -2.30. The predicted molar refractivity (Wildman–Crippen MR) is 445 cm³/mol. The summed E-state index contributed by atoms with van der Waals surface area (Å²) >= 11 is 0. The molecule has 0 aromatic rings. The van der Waals surface area contributed by atoms with Gasteiger partial charge in [0.1, 0.15) is 19.3 Å². The molecule has 3 N–H and O–H groups in total. The van der Waals surface area contributed by atoms with Crippen LogP contribution in [0.25, 0.3) is 0 Å². The van der Waals surface area contributed by atoms with E-state index in [2.05, 4.69) is 155 Å². The van der Waals surface area contributed by atoms with Gasteiger partial charge in [-0.05, 0) is 154 Å². The van der Waals surface area contributed by atoms with Crippen LogP contribution in [0, 0.1) is 0 Å². The molecule has 0 bridgehead atoms. The third kappa shape index (κ3) is 79.0. The second-order valence-electron chi connectivity index (χ2n) is 27.6. The topological polar surface area (TPSA) is 237 Å². The highest BCUT2D eigenvalue weighted by Crippen LogP contribution is 2.45. The Bertz CT molecular complexity index is 2610. The normalized spacial score (nSPS) is 14.5. The first-order valence-electron chi connectivity index (χ1n) is 42.1. The lowest BCUT2D eigenvalue weighted by Gasteiger charge is -2.21. The lowest BCUT2D eigenvalue weighted by atomic mass is 10.1. The van der Waals surface area contributed by atoms with Gasteiger partial charge in [-0.3, -0.25) is 37.3 Å². The van der Waals surface area contributed by atoms with E-state index in [1.807, 2.05) is 18.2 Å². The van der Waals surface area contributed by atoms with Crippen molar-refractivity contribution in [1.82, 2.24) is 0 Å². The monoisotopic (exact) mass is 1550 g/mol. The molecule has 0 aliphatic rings. The molecule has 17 nitrogen and oxygen atoms in total. The quantitative estimate of drug-likeness (QED) is 0.0169. The van der Waals surface area contributed by atoms with Gasteiger partial charge in [-0.1, -0.05) is 302 Å². The molecule has 0 rings (SSSR count). The molecule has 0 fully saturated rings. The van der Waals surface area contributed by atoms with Crippen molar-refractivity contribution in [2.24, 2.45) is 0 Å². The van der Waals surface area contributed by atoms with Gasteiger partial charge in [-0.15, -0.1) is 0 Å². The molecule has 5 atom stereocenters. The van der Waals surface area contributed by atoms with Crippen molar-refractivity contribution in [3.05, 3.63) is 146 Å². The number of hydrogen-bond donors (Lipinski definition) is 3. The minimum absolute atomic E-state index is 0.0284. The summed E-state index contributed by atoms with van der Waals surface area (Å²) in [4.78, 5) is 73.2. The van der Waals surface area contributed by atoms with Gasteiger partial charge < -0.3 is 33.8 Å². The number of ether oxygens (including phenoxy) is 4. The molecule has 0 spiro atoms. The van der Waals surface area contributed by atoms with Crippen LogP contribution in [0.3, 0.4) is 0 Å². The van der Waals surface area contributed by atoms with E-state index in [9.17, 15) is 43.2 Å². The third-order valence-electron chi connectivity index (χ3n) is 17.3. The van der Waals surface area contributed by atoms with Crippen molar-refractivity contribution in [2.45, 2.75) is 354 Å². The van der Waals surface area contributed by atoms with Crippen LogP contribution >= 0.6 is 15.6 Å². The van der Waals surface area contributed by atoms with Crippen LogP contribution in [0.4, 0.5) is 0 Å². The van der Waals surface area contributed by atoms with Gasteiger partial charge in [0.05, 0.1) is 26.4 Å². The molecule has 0 radical (unpaired) electrons. The highest BCUT2D eigenvalue weighted by molar-refractivity contribution is 7.47. The van der Waals surface area contributed by atoms with Gasteiger partial charge in [0, 0.05) is 25.7 Å². The zero-order valence-corrected chi connectivity index (χ0v) is 69.5. The second-order valence-corrected chi connectivity index (χ2v) is 30.6. The lowest BCUT2D eigenvalue weighted by molar-refractivity contribution is -0.161.